The van der Waals surface area contributed by atoms with Crippen molar-refractivity contribution in [3.63, 3.8) is 0 Å². The highest BCUT2D eigenvalue weighted by Crippen LogP contribution is 2.39. The second-order valence-corrected chi connectivity index (χ2v) is 9.86. The average molecular weight is 492 g/mol. The number of rotatable bonds is 7. The number of carbonyl (C=O) groups excluding carboxylic acids is 3. The first kappa shape index (κ1) is 25.5. The van der Waals surface area contributed by atoms with E-state index in [0.29, 0.717) is 39.1 Å². The van der Waals surface area contributed by atoms with Crippen molar-refractivity contribution in [1.82, 2.24) is 15.1 Å². The summed E-state index contributed by atoms with van der Waals surface area (Å²) in [7, 11) is 0. The zero-order valence-electron chi connectivity index (χ0n) is 21.5. The number of aryl methyl sites for hydroxylation is 2. The summed E-state index contributed by atoms with van der Waals surface area (Å²) in [4.78, 5) is 44.9. The van der Waals surface area contributed by atoms with Crippen molar-refractivity contribution >= 4 is 29.2 Å². The minimum Gasteiger partial charge on any atom is -0.339 e. The Morgan fingerprint density at radius 3 is 2.39 bits per heavy atom. The highest BCUT2D eigenvalue weighted by Gasteiger charge is 2.54. The second-order valence-electron chi connectivity index (χ2n) is 9.86. The van der Waals surface area contributed by atoms with Crippen LogP contribution in [0.1, 0.15) is 43.7 Å². The molecule has 192 valence electrons. The van der Waals surface area contributed by atoms with Gasteiger partial charge >= 0.3 is 6.03 Å². The summed E-state index contributed by atoms with van der Waals surface area (Å²) in [6, 6.07) is 15.6. The lowest BCUT2D eigenvalue weighted by atomic mass is 9.85. The molecule has 36 heavy (non-hydrogen) atoms. The smallest absolute Gasteiger partial charge is 0.317 e. The quantitative estimate of drug-likeness (QED) is 0.576. The summed E-state index contributed by atoms with van der Waals surface area (Å²) >= 11 is 0. The molecule has 0 radical (unpaired) electrons. The molecule has 4 rings (SSSR count). The van der Waals surface area contributed by atoms with Gasteiger partial charge in [-0.3, -0.25) is 9.59 Å². The van der Waals surface area contributed by atoms with Gasteiger partial charge in [0.1, 0.15) is 12.1 Å². The standard InChI is InChI=1S/C28H37N5O3/c1-4-5-15-29-27(36)31-16-13-28(14-17-31)26(35)32(20-33(28)24-9-7-6-8-10-24)19-25(34)30-23-12-11-21(2)22(3)18-23/h6-12,18H,4-5,13-17,19-20H2,1-3H3,(H,29,36)(H,30,34). The van der Waals surface area contributed by atoms with Crippen molar-refractivity contribution in [3.8, 4) is 0 Å². The predicted molar refractivity (Wildman–Crippen MR) is 142 cm³/mol. The molecular formula is C28H37N5O3. The first-order chi connectivity index (χ1) is 17.3. The minimum atomic E-state index is -0.762. The van der Waals surface area contributed by atoms with Gasteiger partial charge in [-0.05, 0) is 68.5 Å². The minimum absolute atomic E-state index is 0.0158. The Kier molecular flexibility index (Phi) is 7.82. The van der Waals surface area contributed by atoms with Crippen LogP contribution in [0.2, 0.25) is 0 Å². The number of piperidine rings is 1. The van der Waals surface area contributed by atoms with Crippen molar-refractivity contribution in [3.05, 3.63) is 59.7 Å². The summed E-state index contributed by atoms with van der Waals surface area (Å²) in [5.41, 5.74) is 3.18. The molecule has 2 aromatic rings. The number of nitrogens with one attached hydrogen (secondary N) is 2. The molecule has 2 aliphatic heterocycles. The maximum absolute atomic E-state index is 13.8. The number of nitrogens with zero attached hydrogens (tertiary/aromatic N) is 3. The summed E-state index contributed by atoms with van der Waals surface area (Å²) in [5.74, 6) is -0.267. The highest BCUT2D eigenvalue weighted by atomic mass is 16.2. The van der Waals surface area contributed by atoms with Crippen LogP contribution in [0, 0.1) is 13.8 Å². The Bertz CT molecular complexity index is 1100. The van der Waals surface area contributed by atoms with Crippen LogP contribution in [-0.2, 0) is 9.59 Å². The maximum atomic E-state index is 13.8. The third kappa shape index (κ3) is 5.32. The molecule has 2 aliphatic rings. The van der Waals surface area contributed by atoms with Crippen LogP contribution < -0.4 is 15.5 Å². The Morgan fingerprint density at radius 2 is 1.72 bits per heavy atom. The molecule has 2 N–H and O–H groups in total. The van der Waals surface area contributed by atoms with Gasteiger partial charge in [0.2, 0.25) is 5.91 Å². The van der Waals surface area contributed by atoms with Gasteiger partial charge in [-0.1, -0.05) is 37.6 Å². The number of hydrogen-bond acceptors (Lipinski definition) is 4. The van der Waals surface area contributed by atoms with E-state index in [0.717, 1.165) is 35.3 Å². The van der Waals surface area contributed by atoms with Crippen molar-refractivity contribution < 1.29 is 14.4 Å². The number of likely N-dealkylation sites (tertiary alicyclic amines) is 1. The first-order valence-electron chi connectivity index (χ1n) is 12.9. The normalized spacial score (nSPS) is 17.0. The van der Waals surface area contributed by atoms with E-state index in [1.54, 1.807) is 9.80 Å². The molecule has 0 unspecified atom stereocenters. The maximum Gasteiger partial charge on any atom is 0.317 e. The van der Waals surface area contributed by atoms with Crippen LogP contribution in [0.5, 0.6) is 0 Å². The molecule has 2 saturated heterocycles. The van der Waals surface area contributed by atoms with Gasteiger partial charge in [-0.25, -0.2) is 4.79 Å². The van der Waals surface area contributed by atoms with Gasteiger partial charge in [-0.15, -0.1) is 0 Å². The number of hydrogen-bond donors (Lipinski definition) is 2. The van der Waals surface area contributed by atoms with E-state index in [4.69, 9.17) is 0 Å². The van der Waals surface area contributed by atoms with Gasteiger partial charge in [-0.2, -0.15) is 0 Å². The Balaban J connectivity index is 1.48. The average Bonchev–Trinajstić information content (AvgIpc) is 3.13. The van der Waals surface area contributed by atoms with E-state index in [-0.39, 0.29) is 24.4 Å². The van der Waals surface area contributed by atoms with E-state index in [1.165, 1.54) is 0 Å². The summed E-state index contributed by atoms with van der Waals surface area (Å²) in [6.45, 7) is 8.10. The number of anilines is 2. The van der Waals surface area contributed by atoms with Crippen molar-refractivity contribution in [2.75, 3.05) is 43.1 Å². The molecule has 2 aromatic carbocycles. The molecule has 0 atom stereocenters. The zero-order chi connectivity index (χ0) is 25.7. The van der Waals surface area contributed by atoms with Crippen LogP contribution in [-0.4, -0.2) is 66.0 Å². The van der Waals surface area contributed by atoms with Gasteiger partial charge in [0.05, 0.1) is 6.67 Å². The number of urea groups is 1. The van der Waals surface area contributed by atoms with Gasteiger partial charge in [0.25, 0.3) is 5.91 Å². The highest BCUT2D eigenvalue weighted by molar-refractivity contribution is 5.99. The number of carbonyl (C=O) groups is 3. The van der Waals surface area contributed by atoms with Crippen LogP contribution in [0.3, 0.4) is 0 Å². The predicted octanol–water partition coefficient (Wildman–Crippen LogP) is 3.89. The molecule has 2 fully saturated rings. The Morgan fingerprint density at radius 1 is 1.00 bits per heavy atom. The SMILES string of the molecule is CCCCNC(=O)N1CCC2(CC1)C(=O)N(CC(=O)Nc1ccc(C)c(C)c1)CN2c1ccccc1. The van der Waals surface area contributed by atoms with Crippen LogP contribution in [0.15, 0.2) is 48.5 Å². The lowest BCUT2D eigenvalue weighted by Crippen LogP contribution is -2.58. The van der Waals surface area contributed by atoms with Crippen molar-refractivity contribution in [2.24, 2.45) is 0 Å². The topological polar surface area (TPSA) is 85.0 Å². The lowest BCUT2D eigenvalue weighted by molar-refractivity contribution is -0.136. The summed E-state index contributed by atoms with van der Waals surface area (Å²) in [5, 5.41) is 5.91. The zero-order valence-corrected chi connectivity index (χ0v) is 21.5. The first-order valence-corrected chi connectivity index (χ1v) is 12.9. The lowest BCUT2D eigenvalue weighted by Gasteiger charge is -2.43. The number of para-hydroxylation sites is 1. The summed E-state index contributed by atoms with van der Waals surface area (Å²) in [6.07, 6.45) is 3.02. The number of unbranched alkanes of at least 4 members (excludes halogenated alkanes) is 1. The fourth-order valence-corrected chi connectivity index (χ4v) is 5.08. The van der Waals surface area contributed by atoms with Gasteiger partial charge in [0.15, 0.2) is 0 Å². The largest absolute Gasteiger partial charge is 0.339 e. The molecule has 0 aliphatic carbocycles. The molecule has 1 spiro atoms. The molecule has 0 saturated carbocycles. The molecular weight excluding hydrogens is 454 g/mol. The molecule has 8 heteroatoms. The van der Waals surface area contributed by atoms with E-state index in [2.05, 4.69) is 22.5 Å². The van der Waals surface area contributed by atoms with Crippen LogP contribution in [0.25, 0.3) is 0 Å². The second kappa shape index (κ2) is 11.0. The van der Waals surface area contributed by atoms with E-state index >= 15 is 0 Å². The van der Waals surface area contributed by atoms with Gasteiger partial charge in [0, 0.05) is 31.0 Å². The number of amides is 4. The Hall–Kier alpha value is -3.55. The third-order valence-electron chi connectivity index (χ3n) is 7.39. The van der Waals surface area contributed by atoms with Crippen molar-refractivity contribution in [2.45, 2.75) is 52.0 Å². The van der Waals surface area contributed by atoms with Gasteiger partial charge < -0.3 is 25.3 Å². The molecule has 2 heterocycles. The van der Waals surface area contributed by atoms with E-state index in [9.17, 15) is 14.4 Å². The third-order valence-corrected chi connectivity index (χ3v) is 7.39. The van der Waals surface area contributed by atoms with Crippen LogP contribution in [0.4, 0.5) is 16.2 Å². The van der Waals surface area contributed by atoms with Crippen LogP contribution >= 0.6 is 0 Å². The molecule has 8 nitrogen and oxygen atoms in total. The fraction of sp³-hybridized carbons (Fsp3) is 0.464. The number of benzene rings is 2. The molecule has 0 bridgehead atoms. The van der Waals surface area contributed by atoms with E-state index in [1.807, 2.05) is 62.4 Å². The van der Waals surface area contributed by atoms with E-state index < -0.39 is 5.54 Å². The summed E-state index contributed by atoms with van der Waals surface area (Å²) < 4.78 is 0. The van der Waals surface area contributed by atoms with Crippen molar-refractivity contribution in [1.29, 1.82) is 0 Å². The molecule has 4 amide bonds. The Labute approximate surface area is 213 Å². The monoisotopic (exact) mass is 491 g/mol. The molecule has 0 aromatic heterocycles. The fourth-order valence-electron chi connectivity index (χ4n) is 5.08.